The van der Waals surface area contributed by atoms with Gasteiger partial charge < -0.3 is 24.4 Å². The van der Waals surface area contributed by atoms with Crippen LogP contribution in [0.3, 0.4) is 0 Å². The standard InChI is InChI=1S/C15H20N2O5/c1-20-12-4-3-11(9-13(12)21-2)15(19)16-10-14(18)17-5-7-22-8-6-17/h3-4,9H,5-8,10H2,1-2H3,(H,16,19). The molecule has 0 bridgehead atoms. The molecule has 1 aliphatic heterocycles. The minimum atomic E-state index is -0.331. The lowest BCUT2D eigenvalue weighted by Gasteiger charge is -2.26. The number of rotatable bonds is 5. The highest BCUT2D eigenvalue weighted by molar-refractivity contribution is 5.97. The summed E-state index contributed by atoms with van der Waals surface area (Å²) in [5.74, 6) is 0.567. The summed E-state index contributed by atoms with van der Waals surface area (Å²) in [5, 5.41) is 2.62. The number of amides is 2. The molecule has 0 aliphatic carbocycles. The van der Waals surface area contributed by atoms with Crippen LogP contribution >= 0.6 is 0 Å². The van der Waals surface area contributed by atoms with Crippen molar-refractivity contribution in [2.75, 3.05) is 47.1 Å². The second-order valence-electron chi connectivity index (χ2n) is 4.75. The molecule has 22 heavy (non-hydrogen) atoms. The maximum absolute atomic E-state index is 12.1. The van der Waals surface area contributed by atoms with Crippen molar-refractivity contribution in [1.29, 1.82) is 0 Å². The molecule has 2 amide bonds. The highest BCUT2D eigenvalue weighted by Gasteiger charge is 2.18. The van der Waals surface area contributed by atoms with Crippen molar-refractivity contribution in [3.63, 3.8) is 0 Å². The maximum Gasteiger partial charge on any atom is 0.251 e. The Morgan fingerprint density at radius 3 is 2.50 bits per heavy atom. The summed E-state index contributed by atoms with van der Waals surface area (Å²) in [5.41, 5.74) is 0.410. The van der Waals surface area contributed by atoms with Crippen LogP contribution in [-0.4, -0.2) is 63.8 Å². The second kappa shape index (κ2) is 7.65. The summed E-state index contributed by atoms with van der Waals surface area (Å²) in [6.07, 6.45) is 0. The Labute approximate surface area is 129 Å². The maximum atomic E-state index is 12.1. The van der Waals surface area contributed by atoms with Gasteiger partial charge >= 0.3 is 0 Å². The molecule has 0 aromatic heterocycles. The average Bonchev–Trinajstić information content (AvgIpc) is 2.59. The fourth-order valence-corrected chi connectivity index (χ4v) is 2.16. The molecule has 1 N–H and O–H groups in total. The van der Waals surface area contributed by atoms with Gasteiger partial charge in [0.1, 0.15) is 0 Å². The summed E-state index contributed by atoms with van der Waals surface area (Å²) in [4.78, 5) is 25.7. The molecule has 1 saturated heterocycles. The van der Waals surface area contributed by atoms with E-state index in [2.05, 4.69) is 5.32 Å². The van der Waals surface area contributed by atoms with Gasteiger partial charge in [0.25, 0.3) is 5.91 Å². The zero-order chi connectivity index (χ0) is 15.9. The molecule has 1 aromatic rings. The van der Waals surface area contributed by atoms with Crippen molar-refractivity contribution in [2.45, 2.75) is 0 Å². The van der Waals surface area contributed by atoms with Gasteiger partial charge in [-0.15, -0.1) is 0 Å². The Hall–Kier alpha value is -2.28. The van der Waals surface area contributed by atoms with Crippen molar-refractivity contribution >= 4 is 11.8 Å². The van der Waals surface area contributed by atoms with Gasteiger partial charge in [-0.2, -0.15) is 0 Å². The average molecular weight is 308 g/mol. The molecule has 1 aromatic carbocycles. The van der Waals surface area contributed by atoms with Crippen LogP contribution in [0.4, 0.5) is 0 Å². The molecule has 0 unspecified atom stereocenters. The van der Waals surface area contributed by atoms with Gasteiger partial charge in [0, 0.05) is 18.7 Å². The lowest BCUT2D eigenvalue weighted by Crippen LogP contribution is -2.45. The molecule has 0 atom stereocenters. The van der Waals surface area contributed by atoms with Crippen molar-refractivity contribution in [3.05, 3.63) is 23.8 Å². The van der Waals surface area contributed by atoms with E-state index < -0.39 is 0 Å². The Morgan fingerprint density at radius 2 is 1.86 bits per heavy atom. The lowest BCUT2D eigenvalue weighted by molar-refractivity contribution is -0.134. The van der Waals surface area contributed by atoms with E-state index in [-0.39, 0.29) is 18.4 Å². The third-order valence-electron chi connectivity index (χ3n) is 3.41. The van der Waals surface area contributed by atoms with E-state index in [9.17, 15) is 9.59 Å². The molecule has 2 rings (SSSR count). The Kier molecular flexibility index (Phi) is 5.60. The van der Waals surface area contributed by atoms with E-state index in [1.54, 1.807) is 23.1 Å². The lowest BCUT2D eigenvalue weighted by atomic mass is 10.2. The Bertz CT molecular complexity index is 541. The van der Waals surface area contributed by atoms with Crippen LogP contribution in [-0.2, 0) is 9.53 Å². The third kappa shape index (κ3) is 3.88. The minimum absolute atomic E-state index is 0.0345. The van der Waals surface area contributed by atoms with Crippen molar-refractivity contribution in [3.8, 4) is 11.5 Å². The van der Waals surface area contributed by atoms with Gasteiger partial charge in [0.2, 0.25) is 5.91 Å². The number of carbonyl (C=O) groups is 2. The van der Waals surface area contributed by atoms with Gasteiger partial charge in [-0.1, -0.05) is 0 Å². The van der Waals surface area contributed by atoms with Gasteiger partial charge in [0.15, 0.2) is 11.5 Å². The normalized spacial score (nSPS) is 14.4. The number of nitrogens with zero attached hydrogens (tertiary/aromatic N) is 1. The summed E-state index contributed by atoms with van der Waals surface area (Å²) in [6, 6.07) is 4.85. The first-order chi connectivity index (χ1) is 10.7. The van der Waals surface area contributed by atoms with Gasteiger partial charge in [-0.05, 0) is 18.2 Å². The van der Waals surface area contributed by atoms with Crippen LogP contribution < -0.4 is 14.8 Å². The molecule has 1 heterocycles. The molecule has 120 valence electrons. The first kappa shape index (κ1) is 16.1. The summed E-state index contributed by atoms with van der Waals surface area (Å²) >= 11 is 0. The molecular weight excluding hydrogens is 288 g/mol. The highest BCUT2D eigenvalue weighted by Crippen LogP contribution is 2.27. The second-order valence-corrected chi connectivity index (χ2v) is 4.75. The molecule has 1 fully saturated rings. The van der Waals surface area contributed by atoms with E-state index >= 15 is 0 Å². The highest BCUT2D eigenvalue weighted by atomic mass is 16.5. The topological polar surface area (TPSA) is 77.1 Å². The van der Waals surface area contributed by atoms with Crippen LogP contribution in [0.5, 0.6) is 11.5 Å². The van der Waals surface area contributed by atoms with Gasteiger partial charge in [0.05, 0.1) is 34.0 Å². The van der Waals surface area contributed by atoms with Crippen LogP contribution in [0.25, 0.3) is 0 Å². The van der Waals surface area contributed by atoms with Crippen LogP contribution in [0.1, 0.15) is 10.4 Å². The summed E-state index contributed by atoms with van der Waals surface area (Å²) in [6.45, 7) is 2.16. The number of ether oxygens (including phenoxy) is 3. The van der Waals surface area contributed by atoms with Crippen LogP contribution in [0, 0.1) is 0 Å². The van der Waals surface area contributed by atoms with Crippen molar-refractivity contribution in [2.24, 2.45) is 0 Å². The number of carbonyl (C=O) groups excluding carboxylic acids is 2. The minimum Gasteiger partial charge on any atom is -0.493 e. The third-order valence-corrected chi connectivity index (χ3v) is 3.41. The number of benzene rings is 1. The molecular formula is C15H20N2O5. The zero-order valence-electron chi connectivity index (χ0n) is 12.8. The van der Waals surface area contributed by atoms with E-state index in [0.29, 0.717) is 43.4 Å². The predicted octanol–water partition coefficient (Wildman–Crippen LogP) is 0.292. The molecule has 0 spiro atoms. The smallest absolute Gasteiger partial charge is 0.251 e. The van der Waals surface area contributed by atoms with Crippen molar-refractivity contribution in [1.82, 2.24) is 10.2 Å². The van der Waals surface area contributed by atoms with Crippen molar-refractivity contribution < 1.29 is 23.8 Å². The number of hydrogen-bond donors (Lipinski definition) is 1. The number of methoxy groups -OCH3 is 2. The monoisotopic (exact) mass is 308 g/mol. The molecule has 7 nitrogen and oxygen atoms in total. The largest absolute Gasteiger partial charge is 0.493 e. The van der Waals surface area contributed by atoms with E-state index in [0.717, 1.165) is 0 Å². The fraction of sp³-hybridized carbons (Fsp3) is 0.467. The molecule has 0 saturated carbocycles. The quantitative estimate of drug-likeness (QED) is 0.846. The van der Waals surface area contributed by atoms with Crippen LogP contribution in [0.15, 0.2) is 18.2 Å². The Balaban J connectivity index is 1.93. The number of nitrogens with one attached hydrogen (secondary N) is 1. The first-order valence-corrected chi connectivity index (χ1v) is 7.01. The summed E-state index contributed by atoms with van der Waals surface area (Å²) in [7, 11) is 3.03. The fourth-order valence-electron chi connectivity index (χ4n) is 2.16. The van der Waals surface area contributed by atoms with E-state index in [1.165, 1.54) is 14.2 Å². The Morgan fingerprint density at radius 1 is 1.18 bits per heavy atom. The molecule has 0 radical (unpaired) electrons. The zero-order valence-corrected chi connectivity index (χ0v) is 12.8. The predicted molar refractivity (Wildman–Crippen MR) is 79.3 cm³/mol. The SMILES string of the molecule is COc1ccc(C(=O)NCC(=O)N2CCOCC2)cc1OC. The van der Waals surface area contributed by atoms with Gasteiger partial charge in [-0.3, -0.25) is 9.59 Å². The van der Waals surface area contributed by atoms with E-state index in [1.807, 2.05) is 0 Å². The molecule has 1 aliphatic rings. The molecule has 7 heteroatoms. The summed E-state index contributed by atoms with van der Waals surface area (Å²) < 4.78 is 15.5. The van der Waals surface area contributed by atoms with Crippen LogP contribution in [0.2, 0.25) is 0 Å². The number of hydrogen-bond acceptors (Lipinski definition) is 5. The first-order valence-electron chi connectivity index (χ1n) is 7.01. The number of morpholine rings is 1. The van der Waals surface area contributed by atoms with E-state index in [4.69, 9.17) is 14.2 Å². The van der Waals surface area contributed by atoms with Gasteiger partial charge in [-0.25, -0.2) is 0 Å².